The molecule has 4 rings (SSSR count). The van der Waals surface area contributed by atoms with E-state index in [1.165, 1.54) is 11.3 Å². The molecule has 3 N–H and O–H groups in total. The van der Waals surface area contributed by atoms with Crippen molar-refractivity contribution in [3.05, 3.63) is 29.5 Å². The van der Waals surface area contributed by atoms with Gasteiger partial charge in [-0.1, -0.05) is 17.4 Å². The Balaban J connectivity index is 0.000000238. The molecule has 1 aliphatic heterocycles. The minimum Gasteiger partial charge on any atom is -0.506 e. The number of anilines is 1. The molecule has 0 spiro atoms. The highest BCUT2D eigenvalue weighted by molar-refractivity contribution is 7.21. The lowest BCUT2D eigenvalue weighted by Gasteiger charge is -2.09. The molecule has 0 saturated carbocycles. The van der Waals surface area contributed by atoms with Crippen LogP contribution in [0.15, 0.2) is 18.3 Å². The molecule has 6 nitrogen and oxygen atoms in total. The van der Waals surface area contributed by atoms with Gasteiger partial charge >= 0.3 is 0 Å². The number of thiazole rings is 1. The van der Waals surface area contributed by atoms with Crippen molar-refractivity contribution in [2.24, 2.45) is 0 Å². The Kier molecular flexibility index (Phi) is 4.68. The molecule has 0 aliphatic carbocycles. The number of hydrogen-bond acceptors (Lipinski definition) is 6. The van der Waals surface area contributed by atoms with Gasteiger partial charge in [0.15, 0.2) is 10.8 Å². The fraction of sp³-hybridized carbons (Fsp3) is 0.375. The topological polar surface area (TPSA) is 86.2 Å². The van der Waals surface area contributed by atoms with Gasteiger partial charge in [-0.2, -0.15) is 4.98 Å². The average Bonchev–Trinajstić information content (AvgIpc) is 3.15. The smallest absolute Gasteiger partial charge is 0.194 e. The van der Waals surface area contributed by atoms with Gasteiger partial charge in [0.05, 0.1) is 17.5 Å². The first-order valence-electron chi connectivity index (χ1n) is 7.58. The Bertz CT molecular complexity index is 800. The molecule has 0 unspecified atom stereocenters. The van der Waals surface area contributed by atoms with E-state index in [-0.39, 0.29) is 5.75 Å². The number of hydrogen-bond donors (Lipinski definition) is 2. The lowest BCUT2D eigenvalue weighted by molar-refractivity contribution is 0.173. The van der Waals surface area contributed by atoms with Crippen LogP contribution in [0.2, 0.25) is 0 Å². The molecular weight excluding hydrogens is 331 g/mol. The van der Waals surface area contributed by atoms with E-state index in [0.29, 0.717) is 36.1 Å². The Morgan fingerprint density at radius 2 is 2.21 bits per heavy atom. The third-order valence-corrected chi connectivity index (χ3v) is 4.43. The van der Waals surface area contributed by atoms with Gasteiger partial charge in [0.2, 0.25) is 0 Å². The van der Waals surface area contributed by atoms with E-state index in [1.807, 2.05) is 26.1 Å². The zero-order valence-electron chi connectivity index (χ0n) is 13.5. The first-order chi connectivity index (χ1) is 11.4. The van der Waals surface area contributed by atoms with Crippen LogP contribution < -0.4 is 5.73 Å². The number of rotatable bonds is 1. The van der Waals surface area contributed by atoms with Gasteiger partial charge in [-0.15, -0.1) is 5.10 Å². The maximum atomic E-state index is 11.8. The summed E-state index contributed by atoms with van der Waals surface area (Å²) in [5.41, 5.74) is 8.89. The van der Waals surface area contributed by atoms with E-state index in [9.17, 15) is 9.50 Å². The number of alkyl halides is 1. The van der Waals surface area contributed by atoms with Crippen LogP contribution in [0.25, 0.3) is 16.0 Å². The summed E-state index contributed by atoms with van der Waals surface area (Å²) >= 11 is 1.38. The van der Waals surface area contributed by atoms with E-state index in [0.717, 1.165) is 15.8 Å². The van der Waals surface area contributed by atoms with Crippen molar-refractivity contribution in [3.8, 4) is 11.4 Å². The predicted molar refractivity (Wildman–Crippen MR) is 92.6 cm³/mol. The molecule has 0 amide bonds. The number of nitrogen functional groups attached to an aromatic ring is 1. The summed E-state index contributed by atoms with van der Waals surface area (Å²) < 4.78 is 19.0. The second-order valence-corrected chi connectivity index (χ2v) is 6.79. The monoisotopic (exact) mass is 350 g/mol. The van der Waals surface area contributed by atoms with Crippen LogP contribution in [0.3, 0.4) is 0 Å². The second-order valence-electron chi connectivity index (χ2n) is 5.72. The van der Waals surface area contributed by atoms with Crippen LogP contribution in [0, 0.1) is 13.8 Å². The van der Waals surface area contributed by atoms with E-state index >= 15 is 0 Å². The number of aryl methyl sites for hydroxylation is 2. The lowest BCUT2D eigenvalue weighted by atomic mass is 10.1. The van der Waals surface area contributed by atoms with Gasteiger partial charge in [-0.3, -0.25) is 0 Å². The molecule has 1 atom stereocenters. The molecule has 128 valence electrons. The molecule has 3 aromatic rings. The summed E-state index contributed by atoms with van der Waals surface area (Å²) in [5, 5.41) is 14.9. The van der Waals surface area contributed by atoms with Gasteiger partial charge in [-0.05, 0) is 31.0 Å². The number of phenolic OH excluding ortho intramolecular Hbond substituents is 1. The first-order valence-corrected chi connectivity index (χ1v) is 8.40. The van der Waals surface area contributed by atoms with Crippen molar-refractivity contribution in [2.45, 2.75) is 26.4 Å². The molecule has 1 fully saturated rings. The van der Waals surface area contributed by atoms with Gasteiger partial charge in [0.25, 0.3) is 0 Å². The van der Waals surface area contributed by atoms with Gasteiger partial charge in [0.1, 0.15) is 17.6 Å². The molecule has 1 saturated heterocycles. The lowest BCUT2D eigenvalue weighted by Crippen LogP contribution is -1.99. The second kappa shape index (κ2) is 6.74. The summed E-state index contributed by atoms with van der Waals surface area (Å²) in [6.45, 7) is 4.82. The van der Waals surface area contributed by atoms with E-state index in [1.54, 1.807) is 10.7 Å². The maximum absolute atomic E-state index is 11.8. The Morgan fingerprint density at radius 1 is 1.42 bits per heavy atom. The maximum Gasteiger partial charge on any atom is 0.194 e. The van der Waals surface area contributed by atoms with Crippen LogP contribution in [-0.2, 0) is 4.74 Å². The highest BCUT2D eigenvalue weighted by Crippen LogP contribution is 2.30. The van der Waals surface area contributed by atoms with Gasteiger partial charge in [0, 0.05) is 13.0 Å². The van der Waals surface area contributed by atoms with E-state index < -0.39 is 6.17 Å². The number of nitrogens with two attached hydrogens (primary N) is 1. The molecule has 1 aromatic carbocycles. The molecule has 0 bridgehead atoms. The number of aromatic hydroxyl groups is 1. The number of aromatic nitrogens is 3. The van der Waals surface area contributed by atoms with Crippen LogP contribution >= 0.6 is 11.3 Å². The van der Waals surface area contributed by atoms with Crippen LogP contribution in [0.5, 0.6) is 5.75 Å². The molecule has 2 aromatic heterocycles. The Labute approximate surface area is 142 Å². The van der Waals surface area contributed by atoms with Crippen molar-refractivity contribution < 1.29 is 14.2 Å². The fourth-order valence-corrected chi connectivity index (χ4v) is 3.28. The third kappa shape index (κ3) is 3.49. The summed E-state index contributed by atoms with van der Waals surface area (Å²) in [6, 6.07) is 3.73. The molecule has 0 radical (unpaired) electrons. The van der Waals surface area contributed by atoms with Crippen LogP contribution in [0.1, 0.15) is 17.5 Å². The molecule has 8 heteroatoms. The average molecular weight is 350 g/mol. The zero-order valence-corrected chi connectivity index (χ0v) is 14.3. The number of benzene rings is 1. The fourth-order valence-electron chi connectivity index (χ4n) is 2.59. The summed E-state index contributed by atoms with van der Waals surface area (Å²) in [5.74, 6) is 0.218. The highest BCUT2D eigenvalue weighted by Gasteiger charge is 2.13. The normalized spacial score (nSPS) is 17.0. The largest absolute Gasteiger partial charge is 0.506 e. The Morgan fingerprint density at radius 3 is 2.75 bits per heavy atom. The number of halogens is 1. The first kappa shape index (κ1) is 16.7. The zero-order chi connectivity index (χ0) is 17.3. The summed E-state index contributed by atoms with van der Waals surface area (Å²) in [6.07, 6.45) is 1.76. The number of nitrogens with zero attached hydrogens (tertiary/aromatic N) is 3. The summed E-state index contributed by atoms with van der Waals surface area (Å²) in [7, 11) is 0. The van der Waals surface area contributed by atoms with E-state index in [2.05, 4.69) is 14.8 Å². The van der Waals surface area contributed by atoms with Crippen molar-refractivity contribution in [3.63, 3.8) is 0 Å². The molecular formula is C16H19FN4O2S. The van der Waals surface area contributed by atoms with Gasteiger partial charge < -0.3 is 15.6 Å². The highest BCUT2D eigenvalue weighted by atomic mass is 32.1. The number of fused-ring (bicyclic) bond motifs is 1. The minimum atomic E-state index is -0.676. The number of phenols is 1. The molecule has 24 heavy (non-hydrogen) atoms. The van der Waals surface area contributed by atoms with Crippen molar-refractivity contribution in [2.75, 3.05) is 18.9 Å². The third-order valence-electron chi connectivity index (χ3n) is 3.62. The minimum absolute atomic E-state index is 0.218. The molecule has 3 heterocycles. The van der Waals surface area contributed by atoms with Crippen LogP contribution in [0.4, 0.5) is 9.52 Å². The van der Waals surface area contributed by atoms with Crippen LogP contribution in [-0.4, -0.2) is 39.3 Å². The predicted octanol–water partition coefficient (Wildman–Crippen LogP) is 3.13. The van der Waals surface area contributed by atoms with Gasteiger partial charge in [-0.25, -0.2) is 9.07 Å². The summed E-state index contributed by atoms with van der Waals surface area (Å²) in [4.78, 5) is 4.12. The SMILES string of the molecule is Cc1cc(C)c(-n2cc3sc(N)nc3n2)c(O)c1.F[C@@H]1CCOC1. The number of ether oxygens (including phenoxy) is 1. The Hall–Kier alpha value is -2.19. The quantitative estimate of drug-likeness (QED) is 0.704. The van der Waals surface area contributed by atoms with Crippen molar-refractivity contribution in [1.82, 2.24) is 14.8 Å². The van der Waals surface area contributed by atoms with Crippen molar-refractivity contribution >= 4 is 26.8 Å². The standard InChI is InChI=1S/C12H12N4OS.C4H7FO/c1-6-3-7(2)10(8(17)4-6)16-5-9-11(15-16)14-12(13)18-9;5-4-1-2-6-3-4/h3-5,17H,1-2H3,(H2,13,14,15);4H,1-3H2/t;4-/m.1/s1. The van der Waals surface area contributed by atoms with Crippen molar-refractivity contribution in [1.29, 1.82) is 0 Å². The van der Waals surface area contributed by atoms with E-state index in [4.69, 9.17) is 5.73 Å². The molecule has 1 aliphatic rings.